The SMILES string of the molecule is CCOC(=O)c1nnn(C)c1C(F)F. The lowest BCUT2D eigenvalue weighted by Gasteiger charge is -2.01. The Kier molecular flexibility index (Phi) is 3.10. The monoisotopic (exact) mass is 205 g/mol. The smallest absolute Gasteiger partial charge is 0.361 e. The summed E-state index contributed by atoms with van der Waals surface area (Å²) in [6.45, 7) is 1.69. The van der Waals surface area contributed by atoms with Crippen molar-refractivity contribution in [1.29, 1.82) is 0 Å². The first-order chi connectivity index (χ1) is 6.57. The molecule has 7 heteroatoms. The van der Waals surface area contributed by atoms with E-state index in [0.717, 1.165) is 4.68 Å². The predicted octanol–water partition coefficient (Wildman–Crippen LogP) is 0.929. The molecule has 1 aromatic rings. The van der Waals surface area contributed by atoms with E-state index in [2.05, 4.69) is 15.0 Å². The van der Waals surface area contributed by atoms with Gasteiger partial charge in [0.25, 0.3) is 6.43 Å². The first-order valence-corrected chi connectivity index (χ1v) is 3.92. The normalized spacial score (nSPS) is 10.6. The molecule has 0 amide bonds. The molecular weight excluding hydrogens is 196 g/mol. The zero-order valence-electron chi connectivity index (χ0n) is 7.70. The molecule has 0 aliphatic carbocycles. The maximum atomic E-state index is 12.4. The number of carbonyl (C=O) groups excluding carboxylic acids is 1. The molecule has 0 aliphatic rings. The summed E-state index contributed by atoms with van der Waals surface area (Å²) >= 11 is 0. The summed E-state index contributed by atoms with van der Waals surface area (Å²) < 4.78 is 30.2. The Morgan fingerprint density at radius 1 is 1.64 bits per heavy atom. The lowest BCUT2D eigenvalue weighted by Crippen LogP contribution is -2.10. The average Bonchev–Trinajstić information content (AvgIpc) is 2.47. The molecule has 5 nitrogen and oxygen atoms in total. The van der Waals surface area contributed by atoms with E-state index >= 15 is 0 Å². The van der Waals surface area contributed by atoms with Crippen molar-refractivity contribution >= 4 is 5.97 Å². The number of rotatable bonds is 3. The van der Waals surface area contributed by atoms with Crippen LogP contribution in [0.2, 0.25) is 0 Å². The maximum Gasteiger partial charge on any atom is 0.361 e. The number of alkyl halides is 2. The van der Waals surface area contributed by atoms with Gasteiger partial charge in [0.2, 0.25) is 0 Å². The van der Waals surface area contributed by atoms with Gasteiger partial charge >= 0.3 is 5.97 Å². The Hall–Kier alpha value is -1.53. The Labute approximate surface area is 78.7 Å². The Morgan fingerprint density at radius 2 is 2.29 bits per heavy atom. The van der Waals surface area contributed by atoms with Crippen LogP contribution in [0.25, 0.3) is 0 Å². The predicted molar refractivity (Wildman–Crippen MR) is 41.9 cm³/mol. The van der Waals surface area contributed by atoms with Gasteiger partial charge in [0, 0.05) is 7.05 Å². The maximum absolute atomic E-state index is 12.4. The van der Waals surface area contributed by atoms with Crippen LogP contribution in [0.1, 0.15) is 29.5 Å². The molecule has 0 bridgehead atoms. The van der Waals surface area contributed by atoms with Crippen molar-refractivity contribution in [3.05, 3.63) is 11.4 Å². The number of halogens is 2. The third-order valence-electron chi connectivity index (χ3n) is 1.55. The zero-order valence-corrected chi connectivity index (χ0v) is 7.70. The van der Waals surface area contributed by atoms with Gasteiger partial charge in [0.15, 0.2) is 5.69 Å². The van der Waals surface area contributed by atoms with E-state index in [0.29, 0.717) is 0 Å². The summed E-state index contributed by atoms with van der Waals surface area (Å²) in [6, 6.07) is 0. The van der Waals surface area contributed by atoms with Crippen LogP contribution in [-0.4, -0.2) is 27.6 Å². The number of esters is 1. The van der Waals surface area contributed by atoms with Crippen LogP contribution < -0.4 is 0 Å². The highest BCUT2D eigenvalue weighted by Crippen LogP contribution is 2.20. The fourth-order valence-electron chi connectivity index (χ4n) is 0.954. The van der Waals surface area contributed by atoms with Gasteiger partial charge in [-0.15, -0.1) is 5.10 Å². The van der Waals surface area contributed by atoms with Crippen molar-refractivity contribution < 1.29 is 18.3 Å². The molecule has 0 radical (unpaired) electrons. The number of nitrogens with zero attached hydrogens (tertiary/aromatic N) is 3. The Balaban J connectivity index is 3.02. The molecule has 0 fully saturated rings. The standard InChI is InChI=1S/C7H9F2N3O2/c1-3-14-7(13)4-5(6(8)9)12(2)11-10-4/h6H,3H2,1-2H3. The summed E-state index contributed by atoms with van der Waals surface area (Å²) in [5.74, 6) is -0.879. The van der Waals surface area contributed by atoms with Crippen LogP contribution >= 0.6 is 0 Å². The van der Waals surface area contributed by atoms with Crippen LogP contribution in [0.4, 0.5) is 8.78 Å². The Morgan fingerprint density at radius 3 is 2.79 bits per heavy atom. The molecule has 14 heavy (non-hydrogen) atoms. The van der Waals surface area contributed by atoms with E-state index in [1.807, 2.05) is 0 Å². The van der Waals surface area contributed by atoms with Crippen molar-refractivity contribution in [2.24, 2.45) is 7.05 Å². The van der Waals surface area contributed by atoms with Crippen LogP contribution in [-0.2, 0) is 11.8 Å². The van der Waals surface area contributed by atoms with Crippen LogP contribution in [0.3, 0.4) is 0 Å². The topological polar surface area (TPSA) is 57.0 Å². The number of carbonyl (C=O) groups is 1. The minimum Gasteiger partial charge on any atom is -0.461 e. The van der Waals surface area contributed by atoms with Crippen molar-refractivity contribution in [2.45, 2.75) is 13.3 Å². The summed E-state index contributed by atoms with van der Waals surface area (Å²) in [5.41, 5.74) is -0.951. The summed E-state index contributed by atoms with van der Waals surface area (Å²) in [5, 5.41) is 6.64. The number of hydrogen-bond donors (Lipinski definition) is 0. The van der Waals surface area contributed by atoms with Crippen LogP contribution in [0, 0.1) is 0 Å². The van der Waals surface area contributed by atoms with Gasteiger partial charge in [0.05, 0.1) is 6.61 Å². The van der Waals surface area contributed by atoms with E-state index in [9.17, 15) is 13.6 Å². The van der Waals surface area contributed by atoms with Gasteiger partial charge < -0.3 is 4.74 Å². The first kappa shape index (κ1) is 10.6. The first-order valence-electron chi connectivity index (χ1n) is 3.92. The van der Waals surface area contributed by atoms with Crippen molar-refractivity contribution in [3.8, 4) is 0 Å². The molecule has 1 heterocycles. The number of hydrogen-bond acceptors (Lipinski definition) is 4. The average molecular weight is 205 g/mol. The highest BCUT2D eigenvalue weighted by Gasteiger charge is 2.25. The van der Waals surface area contributed by atoms with Gasteiger partial charge in [-0.25, -0.2) is 18.3 Å². The fourth-order valence-corrected chi connectivity index (χ4v) is 0.954. The minimum atomic E-state index is -2.80. The van der Waals surface area contributed by atoms with E-state index < -0.39 is 23.8 Å². The second-order valence-electron chi connectivity index (χ2n) is 2.47. The molecule has 0 aliphatic heterocycles. The fraction of sp³-hybridized carbons (Fsp3) is 0.571. The molecule has 1 rings (SSSR count). The van der Waals surface area contributed by atoms with E-state index in [1.54, 1.807) is 6.92 Å². The molecule has 0 atom stereocenters. The minimum absolute atomic E-state index is 0.109. The van der Waals surface area contributed by atoms with Crippen molar-refractivity contribution in [1.82, 2.24) is 15.0 Å². The van der Waals surface area contributed by atoms with Gasteiger partial charge in [0.1, 0.15) is 5.69 Å². The van der Waals surface area contributed by atoms with Crippen molar-refractivity contribution in [3.63, 3.8) is 0 Å². The quantitative estimate of drug-likeness (QED) is 0.689. The molecule has 78 valence electrons. The lowest BCUT2D eigenvalue weighted by molar-refractivity contribution is 0.0507. The lowest BCUT2D eigenvalue weighted by atomic mass is 10.3. The van der Waals surface area contributed by atoms with Crippen molar-refractivity contribution in [2.75, 3.05) is 6.61 Å². The van der Waals surface area contributed by atoms with E-state index in [-0.39, 0.29) is 6.61 Å². The number of aryl methyl sites for hydroxylation is 1. The second-order valence-corrected chi connectivity index (χ2v) is 2.47. The van der Waals surface area contributed by atoms with Crippen LogP contribution in [0.15, 0.2) is 0 Å². The van der Waals surface area contributed by atoms with E-state index in [1.165, 1.54) is 7.05 Å². The molecular formula is C7H9F2N3O2. The molecule has 0 N–H and O–H groups in total. The summed E-state index contributed by atoms with van der Waals surface area (Å²) in [6.07, 6.45) is -2.80. The zero-order chi connectivity index (χ0) is 10.7. The highest BCUT2D eigenvalue weighted by atomic mass is 19.3. The molecule has 0 unspecified atom stereocenters. The molecule has 0 saturated carbocycles. The van der Waals surface area contributed by atoms with Gasteiger partial charge in [-0.05, 0) is 6.92 Å². The third kappa shape index (κ3) is 1.86. The number of aromatic nitrogens is 3. The second kappa shape index (κ2) is 4.12. The largest absolute Gasteiger partial charge is 0.461 e. The number of ether oxygens (including phenoxy) is 1. The third-order valence-corrected chi connectivity index (χ3v) is 1.55. The van der Waals surface area contributed by atoms with Gasteiger partial charge in [-0.3, -0.25) is 0 Å². The van der Waals surface area contributed by atoms with Gasteiger partial charge in [-0.1, -0.05) is 5.21 Å². The highest BCUT2D eigenvalue weighted by molar-refractivity contribution is 5.88. The van der Waals surface area contributed by atoms with Gasteiger partial charge in [-0.2, -0.15) is 0 Å². The summed E-state index contributed by atoms with van der Waals surface area (Å²) in [7, 11) is 1.29. The molecule has 0 saturated heterocycles. The van der Waals surface area contributed by atoms with Crippen LogP contribution in [0.5, 0.6) is 0 Å². The molecule has 1 aromatic heterocycles. The summed E-state index contributed by atoms with van der Waals surface area (Å²) in [4.78, 5) is 11.1. The molecule has 0 aromatic carbocycles. The molecule has 0 spiro atoms. The van der Waals surface area contributed by atoms with E-state index in [4.69, 9.17) is 0 Å². The Bertz CT molecular complexity index is 338.